The average Bonchev–Trinajstić information content (AvgIpc) is 3.09. The number of halogens is 1. The third-order valence-corrected chi connectivity index (χ3v) is 6.05. The van der Waals surface area contributed by atoms with Crippen molar-refractivity contribution in [2.24, 2.45) is 16.8 Å². The molecule has 0 amide bonds. The van der Waals surface area contributed by atoms with Crippen molar-refractivity contribution < 1.29 is 9.59 Å². The van der Waals surface area contributed by atoms with Crippen LogP contribution in [0.25, 0.3) is 5.69 Å². The number of carbonyl (C=O) groups excluding carboxylic acids is 2. The first-order valence-electron chi connectivity index (χ1n) is 10.1. The lowest BCUT2D eigenvalue weighted by Crippen LogP contribution is -2.35. The summed E-state index contributed by atoms with van der Waals surface area (Å²) in [5.41, 5.74) is 2.33. The Bertz CT molecular complexity index is 1420. The van der Waals surface area contributed by atoms with Crippen LogP contribution >= 0.6 is 11.6 Å². The Morgan fingerprint density at radius 1 is 1.00 bits per heavy atom. The average molecular weight is 444 g/mol. The Kier molecular flexibility index (Phi) is 4.87. The number of carbonyl (C=O) groups is 2. The summed E-state index contributed by atoms with van der Waals surface area (Å²) < 4.78 is 1.39. The van der Waals surface area contributed by atoms with Crippen LogP contribution in [0.15, 0.2) is 76.6 Å². The summed E-state index contributed by atoms with van der Waals surface area (Å²) in [6.07, 6.45) is 8.54. The Morgan fingerprint density at radius 2 is 1.72 bits per heavy atom. The van der Waals surface area contributed by atoms with Gasteiger partial charge < -0.3 is 0 Å². The van der Waals surface area contributed by atoms with Gasteiger partial charge in [0.05, 0.1) is 34.3 Å². The van der Waals surface area contributed by atoms with Gasteiger partial charge in [0.1, 0.15) is 0 Å². The van der Waals surface area contributed by atoms with Crippen molar-refractivity contribution in [2.75, 3.05) is 0 Å². The standard InChI is InChI=1S/C25H18ClN3O3/c1-14-20(25(32)29(28-14)16-7-4-6-15(26)12-16)13-27-21-11-5-10-19-22(21)24(31)18-9-3-2-8-17(18)23(19)30/h2-13,17-18,28H,1H3/t17-,18+/m1/s1. The first-order valence-corrected chi connectivity index (χ1v) is 10.5. The summed E-state index contributed by atoms with van der Waals surface area (Å²) in [7, 11) is 0. The number of aryl methyl sites for hydroxylation is 1. The van der Waals surface area contributed by atoms with Crippen molar-refractivity contribution >= 4 is 35.1 Å². The summed E-state index contributed by atoms with van der Waals surface area (Å²) >= 11 is 6.05. The van der Waals surface area contributed by atoms with Crippen LogP contribution < -0.4 is 5.56 Å². The topological polar surface area (TPSA) is 84.3 Å². The fourth-order valence-corrected chi connectivity index (χ4v) is 4.39. The van der Waals surface area contributed by atoms with Crippen molar-refractivity contribution in [3.63, 3.8) is 0 Å². The molecule has 0 radical (unpaired) electrons. The zero-order chi connectivity index (χ0) is 22.4. The van der Waals surface area contributed by atoms with Crippen molar-refractivity contribution in [1.82, 2.24) is 9.78 Å². The molecule has 0 spiro atoms. The molecule has 0 unspecified atom stereocenters. The van der Waals surface area contributed by atoms with Crippen LogP contribution in [0.5, 0.6) is 0 Å². The largest absolute Gasteiger partial charge is 0.295 e. The van der Waals surface area contributed by atoms with E-state index >= 15 is 0 Å². The van der Waals surface area contributed by atoms with E-state index in [0.717, 1.165) is 0 Å². The summed E-state index contributed by atoms with van der Waals surface area (Å²) in [6.45, 7) is 1.77. The Labute approximate surface area is 188 Å². The van der Waals surface area contributed by atoms with Crippen molar-refractivity contribution in [2.45, 2.75) is 6.92 Å². The van der Waals surface area contributed by atoms with Crippen LogP contribution in [0.1, 0.15) is 32.0 Å². The van der Waals surface area contributed by atoms with Gasteiger partial charge >= 0.3 is 0 Å². The van der Waals surface area contributed by atoms with Gasteiger partial charge in [0.15, 0.2) is 11.6 Å². The number of benzene rings is 2. The molecule has 2 atom stereocenters. The van der Waals surface area contributed by atoms with Crippen LogP contribution in [0, 0.1) is 18.8 Å². The molecule has 0 bridgehead atoms. The van der Waals surface area contributed by atoms with Crippen molar-refractivity contribution in [1.29, 1.82) is 0 Å². The zero-order valence-electron chi connectivity index (χ0n) is 17.1. The van der Waals surface area contributed by atoms with Crippen LogP contribution in [-0.4, -0.2) is 27.6 Å². The minimum atomic E-state index is -0.523. The normalized spacial score (nSPS) is 19.4. The first kappa shape index (κ1) is 20.2. The molecule has 1 heterocycles. The molecule has 1 aromatic heterocycles. The predicted molar refractivity (Wildman–Crippen MR) is 124 cm³/mol. The summed E-state index contributed by atoms with van der Waals surface area (Å²) in [5, 5.41) is 3.54. The second-order valence-corrected chi connectivity index (χ2v) is 8.22. The van der Waals surface area contributed by atoms with Crippen LogP contribution in [0.3, 0.4) is 0 Å². The van der Waals surface area contributed by atoms with E-state index in [4.69, 9.17) is 11.6 Å². The Morgan fingerprint density at radius 3 is 2.47 bits per heavy atom. The van der Waals surface area contributed by atoms with E-state index in [1.165, 1.54) is 10.9 Å². The SMILES string of the molecule is Cc1[nH]n(-c2cccc(Cl)c2)c(=O)c1C=Nc1cccc2c1C(=O)[C@H]1C=CC=C[C@H]1C2=O. The third-order valence-electron chi connectivity index (χ3n) is 5.81. The molecule has 6 nitrogen and oxygen atoms in total. The van der Waals surface area contributed by atoms with Crippen LogP contribution in [0.2, 0.25) is 5.02 Å². The van der Waals surface area contributed by atoms with Gasteiger partial charge in [-0.1, -0.05) is 54.1 Å². The van der Waals surface area contributed by atoms with Gasteiger partial charge in [-0.3, -0.25) is 24.5 Å². The Hall–Kier alpha value is -3.77. The van der Waals surface area contributed by atoms with Crippen molar-refractivity contribution in [3.05, 3.63) is 105 Å². The lowest BCUT2D eigenvalue weighted by atomic mass is 9.72. The second-order valence-electron chi connectivity index (χ2n) is 7.78. The molecular formula is C25H18ClN3O3. The molecular weight excluding hydrogens is 426 g/mol. The van der Waals surface area contributed by atoms with E-state index in [-0.39, 0.29) is 17.1 Å². The zero-order valence-corrected chi connectivity index (χ0v) is 17.8. The number of aromatic amines is 1. The minimum absolute atomic E-state index is 0.0941. The maximum Gasteiger partial charge on any atom is 0.280 e. The molecule has 5 rings (SSSR count). The molecule has 158 valence electrons. The number of H-pyrrole nitrogens is 1. The predicted octanol–water partition coefficient (Wildman–Crippen LogP) is 4.62. The molecule has 0 fully saturated rings. The fraction of sp³-hybridized carbons (Fsp3) is 0.120. The number of hydrogen-bond acceptors (Lipinski definition) is 4. The van der Waals surface area contributed by atoms with Gasteiger partial charge in [0.25, 0.3) is 5.56 Å². The smallest absolute Gasteiger partial charge is 0.280 e. The Balaban J connectivity index is 1.56. The maximum atomic E-state index is 13.2. The molecule has 3 aromatic rings. The van der Waals surface area contributed by atoms with Crippen LogP contribution in [-0.2, 0) is 0 Å². The molecule has 0 saturated heterocycles. The monoisotopic (exact) mass is 443 g/mol. The molecule has 7 heteroatoms. The quantitative estimate of drug-likeness (QED) is 0.599. The second kappa shape index (κ2) is 7.73. The van der Waals surface area contributed by atoms with E-state index in [2.05, 4.69) is 10.1 Å². The van der Waals surface area contributed by atoms with Gasteiger partial charge in [-0.05, 0) is 31.2 Å². The maximum absolute atomic E-state index is 13.2. The van der Waals surface area contributed by atoms with Gasteiger partial charge in [0.2, 0.25) is 0 Å². The van der Waals surface area contributed by atoms with Gasteiger partial charge in [-0.25, -0.2) is 4.68 Å². The van der Waals surface area contributed by atoms with Crippen LogP contribution in [0.4, 0.5) is 5.69 Å². The van der Waals surface area contributed by atoms with E-state index in [9.17, 15) is 14.4 Å². The summed E-state index contributed by atoms with van der Waals surface area (Å²) in [4.78, 5) is 43.6. The molecule has 0 saturated carbocycles. The fourth-order valence-electron chi connectivity index (χ4n) is 4.21. The number of hydrogen-bond donors (Lipinski definition) is 1. The van der Waals surface area contributed by atoms with Gasteiger partial charge in [-0.15, -0.1) is 0 Å². The molecule has 2 aromatic carbocycles. The molecule has 2 aliphatic carbocycles. The number of fused-ring (bicyclic) bond motifs is 2. The highest BCUT2D eigenvalue weighted by Gasteiger charge is 2.40. The van der Waals surface area contributed by atoms with E-state index in [1.54, 1.807) is 73.7 Å². The number of allylic oxidation sites excluding steroid dienone is 4. The number of nitrogens with zero attached hydrogens (tertiary/aromatic N) is 2. The number of Topliss-reactive ketones (excluding diaryl/α,β-unsaturated/α-hetero) is 2. The van der Waals surface area contributed by atoms with Crippen molar-refractivity contribution in [3.8, 4) is 5.69 Å². The molecule has 0 aliphatic heterocycles. The van der Waals surface area contributed by atoms with Gasteiger partial charge in [-0.2, -0.15) is 0 Å². The van der Waals surface area contributed by atoms with E-state index < -0.39 is 11.8 Å². The highest BCUT2D eigenvalue weighted by atomic mass is 35.5. The van der Waals surface area contributed by atoms with Gasteiger partial charge in [0, 0.05) is 22.5 Å². The number of aliphatic imine (C=N–C) groups is 1. The highest BCUT2D eigenvalue weighted by molar-refractivity contribution is 6.30. The van der Waals surface area contributed by atoms with E-state index in [1.807, 2.05) is 0 Å². The number of ketones is 2. The highest BCUT2D eigenvalue weighted by Crippen LogP contribution is 2.38. The summed E-state index contributed by atoms with van der Waals surface area (Å²) in [5.74, 6) is -1.23. The third kappa shape index (κ3) is 3.20. The minimum Gasteiger partial charge on any atom is -0.295 e. The lowest BCUT2D eigenvalue weighted by Gasteiger charge is -2.28. The first-order chi connectivity index (χ1) is 15.5. The molecule has 32 heavy (non-hydrogen) atoms. The van der Waals surface area contributed by atoms with E-state index in [0.29, 0.717) is 38.8 Å². The number of aromatic nitrogens is 2. The summed E-state index contributed by atoms with van der Waals surface area (Å²) in [6, 6.07) is 12.0. The molecule has 2 aliphatic rings. The number of nitrogens with one attached hydrogen (secondary N) is 1. The molecule has 1 N–H and O–H groups in total. The number of rotatable bonds is 3. The lowest BCUT2D eigenvalue weighted by molar-refractivity contribution is 0.0802.